The van der Waals surface area contributed by atoms with E-state index in [0.717, 1.165) is 33.9 Å². The fourth-order valence-corrected chi connectivity index (χ4v) is 4.46. The molecular weight excluding hydrogens is 382 g/mol. The highest BCUT2D eigenvalue weighted by atomic mass is 32.1. The maximum Gasteiger partial charge on any atom is 0.269 e. The zero-order chi connectivity index (χ0) is 19.0. The molecule has 1 aliphatic rings. The molecular formula is C18H17N5O2S2. The number of nitrogens with one attached hydrogen (secondary N) is 2. The summed E-state index contributed by atoms with van der Waals surface area (Å²) in [6.07, 6.45) is 1.21. The third-order valence-corrected chi connectivity index (χ3v) is 6.18. The second-order valence-corrected chi connectivity index (χ2v) is 8.08. The number of carbonyl (C=O) groups is 2. The molecule has 0 saturated heterocycles. The van der Waals surface area contributed by atoms with E-state index in [9.17, 15) is 9.59 Å². The lowest BCUT2D eigenvalue weighted by atomic mass is 9.99. The highest BCUT2D eigenvalue weighted by Crippen LogP contribution is 2.31. The molecule has 0 bridgehead atoms. The summed E-state index contributed by atoms with van der Waals surface area (Å²) in [5, 5.41) is 8.88. The summed E-state index contributed by atoms with van der Waals surface area (Å²) in [6.45, 7) is 2.11. The van der Waals surface area contributed by atoms with E-state index in [2.05, 4.69) is 20.6 Å². The first kappa shape index (κ1) is 17.8. The molecule has 0 unspecified atom stereocenters. The summed E-state index contributed by atoms with van der Waals surface area (Å²) >= 11 is 2.67. The standard InChI is InChI=1S/C18H17N5O2S2/c1-9-16(27-15(7-19)20-9)17(25)23-18-22-13(8-26-18)11-2-4-12-10(6-11)3-5-14(24)21-12/h2,4,6,8H,3,5,7,19H2,1H3,(H,21,24)(H,22,23,25). The third kappa shape index (κ3) is 3.61. The average molecular weight is 400 g/mol. The number of hydrogen-bond acceptors (Lipinski definition) is 7. The summed E-state index contributed by atoms with van der Waals surface area (Å²) in [5.41, 5.74) is 9.97. The van der Waals surface area contributed by atoms with Crippen molar-refractivity contribution in [3.8, 4) is 11.3 Å². The zero-order valence-electron chi connectivity index (χ0n) is 14.5. The van der Waals surface area contributed by atoms with E-state index >= 15 is 0 Å². The van der Waals surface area contributed by atoms with Crippen molar-refractivity contribution in [3.63, 3.8) is 0 Å². The maximum absolute atomic E-state index is 12.5. The molecule has 1 aliphatic heterocycles. The Morgan fingerprint density at radius 2 is 2.19 bits per heavy atom. The van der Waals surface area contributed by atoms with E-state index in [0.29, 0.717) is 28.7 Å². The van der Waals surface area contributed by atoms with Crippen LogP contribution in [0.25, 0.3) is 11.3 Å². The van der Waals surface area contributed by atoms with Gasteiger partial charge in [0.1, 0.15) is 9.88 Å². The first-order valence-electron chi connectivity index (χ1n) is 8.40. The van der Waals surface area contributed by atoms with E-state index < -0.39 is 0 Å². The first-order chi connectivity index (χ1) is 13.0. The number of nitrogens with two attached hydrogens (primary N) is 1. The molecule has 4 N–H and O–H groups in total. The third-order valence-electron chi connectivity index (χ3n) is 4.24. The molecule has 0 radical (unpaired) electrons. The van der Waals surface area contributed by atoms with Crippen LogP contribution in [-0.2, 0) is 17.8 Å². The smallest absolute Gasteiger partial charge is 0.269 e. The summed E-state index contributed by atoms with van der Waals surface area (Å²) in [4.78, 5) is 33.3. The molecule has 2 amide bonds. The summed E-state index contributed by atoms with van der Waals surface area (Å²) in [6, 6.07) is 5.86. The van der Waals surface area contributed by atoms with Crippen LogP contribution in [0, 0.1) is 6.92 Å². The van der Waals surface area contributed by atoms with Gasteiger partial charge in [0.15, 0.2) is 5.13 Å². The largest absolute Gasteiger partial charge is 0.326 e. The number of nitrogens with zero attached hydrogens (tertiary/aromatic N) is 2. The second-order valence-electron chi connectivity index (χ2n) is 6.14. The van der Waals surface area contributed by atoms with Gasteiger partial charge in [-0.15, -0.1) is 22.7 Å². The lowest BCUT2D eigenvalue weighted by Crippen LogP contribution is -2.18. The molecule has 138 valence electrons. The van der Waals surface area contributed by atoms with Gasteiger partial charge in [-0.25, -0.2) is 9.97 Å². The molecule has 0 saturated carbocycles. The van der Waals surface area contributed by atoms with Gasteiger partial charge in [0.05, 0.1) is 11.4 Å². The Bertz CT molecular complexity index is 1040. The molecule has 4 rings (SSSR count). The van der Waals surface area contributed by atoms with Crippen molar-refractivity contribution in [1.29, 1.82) is 0 Å². The number of benzene rings is 1. The van der Waals surface area contributed by atoms with Crippen LogP contribution in [-0.4, -0.2) is 21.8 Å². The molecule has 2 aromatic heterocycles. The Labute approximate surface area is 163 Å². The van der Waals surface area contributed by atoms with Crippen LogP contribution in [0.1, 0.15) is 32.4 Å². The van der Waals surface area contributed by atoms with E-state index in [4.69, 9.17) is 5.73 Å². The fraction of sp³-hybridized carbons (Fsp3) is 0.222. The number of hydrogen-bond donors (Lipinski definition) is 3. The van der Waals surface area contributed by atoms with Gasteiger partial charge in [-0.3, -0.25) is 14.9 Å². The van der Waals surface area contributed by atoms with Crippen molar-refractivity contribution in [2.75, 3.05) is 10.6 Å². The van der Waals surface area contributed by atoms with Crippen LogP contribution < -0.4 is 16.4 Å². The van der Waals surface area contributed by atoms with E-state index in [1.54, 1.807) is 6.92 Å². The highest BCUT2D eigenvalue weighted by molar-refractivity contribution is 7.15. The van der Waals surface area contributed by atoms with Gasteiger partial charge in [-0.2, -0.15) is 0 Å². The molecule has 0 spiro atoms. The normalized spacial score (nSPS) is 13.2. The number of thiazole rings is 2. The van der Waals surface area contributed by atoms with E-state index in [1.165, 1.54) is 22.7 Å². The minimum Gasteiger partial charge on any atom is -0.326 e. The number of anilines is 2. The number of aryl methyl sites for hydroxylation is 2. The van der Waals surface area contributed by atoms with Gasteiger partial charge < -0.3 is 11.1 Å². The number of fused-ring (bicyclic) bond motifs is 1. The van der Waals surface area contributed by atoms with E-state index in [1.807, 2.05) is 23.6 Å². The van der Waals surface area contributed by atoms with Gasteiger partial charge in [-0.1, -0.05) is 6.07 Å². The van der Waals surface area contributed by atoms with Crippen LogP contribution >= 0.6 is 22.7 Å². The van der Waals surface area contributed by atoms with Gasteiger partial charge >= 0.3 is 0 Å². The van der Waals surface area contributed by atoms with E-state index in [-0.39, 0.29) is 11.8 Å². The van der Waals surface area contributed by atoms with Gasteiger partial charge in [0.25, 0.3) is 5.91 Å². The monoisotopic (exact) mass is 399 g/mol. The quantitative estimate of drug-likeness (QED) is 0.624. The molecule has 9 heteroatoms. The van der Waals surface area contributed by atoms with Gasteiger partial charge in [0.2, 0.25) is 5.91 Å². The maximum atomic E-state index is 12.5. The Kier molecular flexibility index (Phi) is 4.73. The van der Waals surface area contributed by atoms with Crippen molar-refractivity contribution in [2.45, 2.75) is 26.3 Å². The zero-order valence-corrected chi connectivity index (χ0v) is 16.2. The Hall–Kier alpha value is -2.62. The summed E-state index contributed by atoms with van der Waals surface area (Å²) in [5.74, 6) is -0.177. The van der Waals surface area contributed by atoms with Crippen LogP contribution in [0.2, 0.25) is 0 Å². The van der Waals surface area contributed by atoms with Crippen LogP contribution in [0.4, 0.5) is 10.8 Å². The molecule has 3 heterocycles. The molecule has 7 nitrogen and oxygen atoms in total. The van der Waals surface area contributed by atoms with Crippen molar-refractivity contribution in [2.24, 2.45) is 5.73 Å². The molecule has 0 aliphatic carbocycles. The molecule has 3 aromatic rings. The molecule has 0 atom stereocenters. The SMILES string of the molecule is Cc1nc(CN)sc1C(=O)Nc1nc(-c2ccc3c(c2)CCC(=O)N3)cs1. The predicted molar refractivity (Wildman–Crippen MR) is 107 cm³/mol. The first-order valence-corrected chi connectivity index (χ1v) is 10.1. The van der Waals surface area contributed by atoms with Crippen molar-refractivity contribution >= 4 is 45.3 Å². The topological polar surface area (TPSA) is 110 Å². The number of amides is 2. The van der Waals surface area contributed by atoms with Crippen LogP contribution in [0.5, 0.6) is 0 Å². The lowest BCUT2D eigenvalue weighted by molar-refractivity contribution is -0.116. The minimum absolute atomic E-state index is 0.0464. The highest BCUT2D eigenvalue weighted by Gasteiger charge is 2.18. The Balaban J connectivity index is 1.52. The Morgan fingerprint density at radius 1 is 1.33 bits per heavy atom. The molecule has 1 aromatic carbocycles. The van der Waals surface area contributed by atoms with Crippen molar-refractivity contribution in [1.82, 2.24) is 9.97 Å². The average Bonchev–Trinajstić information content (AvgIpc) is 3.27. The number of aromatic nitrogens is 2. The molecule has 27 heavy (non-hydrogen) atoms. The Morgan fingerprint density at radius 3 is 2.96 bits per heavy atom. The van der Waals surface area contributed by atoms with Gasteiger partial charge in [-0.05, 0) is 31.0 Å². The lowest BCUT2D eigenvalue weighted by Gasteiger charge is -2.17. The molecule has 0 fully saturated rings. The number of carbonyl (C=O) groups excluding carboxylic acids is 2. The minimum atomic E-state index is -0.223. The summed E-state index contributed by atoms with van der Waals surface area (Å²) in [7, 11) is 0. The van der Waals surface area contributed by atoms with Gasteiger partial charge in [0, 0.05) is 29.6 Å². The second kappa shape index (κ2) is 7.18. The summed E-state index contributed by atoms with van der Waals surface area (Å²) < 4.78 is 0. The van der Waals surface area contributed by atoms with Crippen molar-refractivity contribution in [3.05, 3.63) is 44.7 Å². The number of rotatable bonds is 4. The van der Waals surface area contributed by atoms with Crippen LogP contribution in [0.15, 0.2) is 23.6 Å². The van der Waals surface area contributed by atoms with Crippen molar-refractivity contribution < 1.29 is 9.59 Å². The van der Waals surface area contributed by atoms with Crippen LogP contribution in [0.3, 0.4) is 0 Å². The fourth-order valence-electron chi connectivity index (χ4n) is 2.91. The predicted octanol–water partition coefficient (Wildman–Crippen LogP) is 3.17.